The third kappa shape index (κ3) is 3.92. The lowest BCUT2D eigenvalue weighted by molar-refractivity contribution is 0.203. The highest BCUT2D eigenvalue weighted by atomic mass is 32.1. The normalized spacial score (nSPS) is 19.7. The Morgan fingerprint density at radius 2 is 1.00 bits per heavy atom. The van der Waals surface area contributed by atoms with Gasteiger partial charge in [0.25, 0.3) is 0 Å². The standard InChI is InChI=1S/C35H27N3S/c1-3-9-23(10-4-1)33-36-34(24-11-5-2-6-12-24)38-35(37-33)26-17-19-27-25(21-26)16-15-22-18-20-30-32(31(22)27)28-13-7-8-14-29(28)39-30/h1-21,33-38H. The fourth-order valence-corrected chi connectivity index (χ4v) is 7.19. The summed E-state index contributed by atoms with van der Waals surface area (Å²) >= 11 is 1.88. The van der Waals surface area contributed by atoms with Gasteiger partial charge in [-0.05, 0) is 56.4 Å². The first-order valence-corrected chi connectivity index (χ1v) is 14.3. The maximum atomic E-state index is 3.82. The van der Waals surface area contributed by atoms with Crippen LogP contribution in [0.15, 0.2) is 127 Å². The molecule has 3 N–H and O–H groups in total. The highest BCUT2D eigenvalue weighted by Gasteiger charge is 2.29. The van der Waals surface area contributed by atoms with Crippen molar-refractivity contribution in [3.05, 3.63) is 144 Å². The molecule has 0 aliphatic carbocycles. The molecule has 1 saturated heterocycles. The summed E-state index contributed by atoms with van der Waals surface area (Å²) in [4.78, 5) is 0. The molecule has 7 aromatic rings. The monoisotopic (exact) mass is 521 g/mol. The largest absolute Gasteiger partial charge is 0.279 e. The molecule has 0 amide bonds. The SMILES string of the molecule is c1ccc(C2NC(c3ccccc3)NC(c3ccc4c(ccc5ccc6sc7ccccc7c6c54)c3)N2)cc1. The molecule has 0 radical (unpaired) electrons. The molecule has 3 nitrogen and oxygen atoms in total. The van der Waals surface area contributed by atoms with E-state index in [4.69, 9.17) is 0 Å². The summed E-state index contributed by atoms with van der Waals surface area (Å²) in [6.45, 7) is 0. The van der Waals surface area contributed by atoms with Crippen molar-refractivity contribution >= 4 is 53.1 Å². The van der Waals surface area contributed by atoms with E-state index in [0.717, 1.165) is 0 Å². The summed E-state index contributed by atoms with van der Waals surface area (Å²) in [7, 11) is 0. The van der Waals surface area contributed by atoms with Crippen LogP contribution in [0.2, 0.25) is 0 Å². The third-order valence-electron chi connectivity index (χ3n) is 7.96. The van der Waals surface area contributed by atoms with Gasteiger partial charge in [0.1, 0.15) is 0 Å². The second kappa shape index (κ2) is 9.30. The predicted molar refractivity (Wildman–Crippen MR) is 165 cm³/mol. The van der Waals surface area contributed by atoms with E-state index >= 15 is 0 Å². The molecule has 1 fully saturated rings. The first-order valence-electron chi connectivity index (χ1n) is 13.5. The van der Waals surface area contributed by atoms with E-state index in [9.17, 15) is 0 Å². The summed E-state index contributed by atoms with van der Waals surface area (Å²) < 4.78 is 2.69. The Labute approximate surface area is 231 Å². The summed E-state index contributed by atoms with van der Waals surface area (Å²) in [5.74, 6) is 0. The Morgan fingerprint density at radius 3 is 1.72 bits per heavy atom. The lowest BCUT2D eigenvalue weighted by Crippen LogP contribution is -2.54. The number of fused-ring (bicyclic) bond motifs is 7. The average Bonchev–Trinajstić information content (AvgIpc) is 3.40. The molecule has 0 spiro atoms. The molecular formula is C35H27N3S. The Balaban J connectivity index is 1.25. The van der Waals surface area contributed by atoms with Crippen LogP contribution in [-0.4, -0.2) is 0 Å². The maximum Gasteiger partial charge on any atom is 0.0864 e. The Kier molecular flexibility index (Phi) is 5.45. The van der Waals surface area contributed by atoms with Gasteiger partial charge in [0.05, 0.1) is 18.5 Å². The van der Waals surface area contributed by atoms with Gasteiger partial charge in [0.15, 0.2) is 0 Å². The van der Waals surface area contributed by atoms with Crippen molar-refractivity contribution in [1.82, 2.24) is 16.0 Å². The molecule has 0 saturated carbocycles. The molecule has 1 aliphatic rings. The molecule has 4 heteroatoms. The van der Waals surface area contributed by atoms with Gasteiger partial charge in [0, 0.05) is 20.2 Å². The van der Waals surface area contributed by atoms with Gasteiger partial charge in [-0.3, -0.25) is 16.0 Å². The third-order valence-corrected chi connectivity index (χ3v) is 9.10. The van der Waals surface area contributed by atoms with E-state index in [2.05, 4.69) is 143 Å². The summed E-state index contributed by atoms with van der Waals surface area (Å²) in [6, 6.07) is 46.1. The summed E-state index contributed by atoms with van der Waals surface area (Å²) in [5.41, 5.74) is 3.68. The molecule has 2 unspecified atom stereocenters. The van der Waals surface area contributed by atoms with Crippen LogP contribution < -0.4 is 16.0 Å². The number of rotatable bonds is 3. The topological polar surface area (TPSA) is 36.1 Å². The van der Waals surface area contributed by atoms with Crippen molar-refractivity contribution in [3.8, 4) is 0 Å². The minimum absolute atomic E-state index is 0.0143. The van der Waals surface area contributed by atoms with Crippen LogP contribution in [0.25, 0.3) is 41.7 Å². The summed E-state index contributed by atoms with van der Waals surface area (Å²) in [6.07, 6.45) is 0.0260. The Morgan fingerprint density at radius 1 is 0.410 bits per heavy atom. The average molecular weight is 522 g/mol. The minimum atomic E-state index is -0.0143. The van der Waals surface area contributed by atoms with E-state index in [1.807, 2.05) is 11.3 Å². The van der Waals surface area contributed by atoms with E-state index < -0.39 is 0 Å². The van der Waals surface area contributed by atoms with E-state index in [-0.39, 0.29) is 18.5 Å². The van der Waals surface area contributed by atoms with Gasteiger partial charge >= 0.3 is 0 Å². The van der Waals surface area contributed by atoms with Crippen molar-refractivity contribution in [2.24, 2.45) is 0 Å². The molecule has 2 heterocycles. The zero-order valence-corrected chi connectivity index (χ0v) is 22.1. The summed E-state index contributed by atoms with van der Waals surface area (Å²) in [5, 5.41) is 19.3. The van der Waals surface area contributed by atoms with Crippen molar-refractivity contribution in [3.63, 3.8) is 0 Å². The van der Waals surface area contributed by atoms with Crippen LogP contribution in [0.4, 0.5) is 0 Å². The van der Waals surface area contributed by atoms with Crippen molar-refractivity contribution in [2.45, 2.75) is 18.5 Å². The fraction of sp³-hybridized carbons (Fsp3) is 0.0857. The Hall–Kier alpha value is -4.06. The van der Waals surface area contributed by atoms with Crippen molar-refractivity contribution in [1.29, 1.82) is 0 Å². The lowest BCUT2D eigenvalue weighted by Gasteiger charge is -2.39. The number of thiophene rings is 1. The zero-order chi connectivity index (χ0) is 25.8. The van der Waals surface area contributed by atoms with Gasteiger partial charge in [-0.1, -0.05) is 109 Å². The van der Waals surface area contributed by atoms with Gasteiger partial charge in [-0.25, -0.2) is 0 Å². The van der Waals surface area contributed by atoms with Gasteiger partial charge in [0.2, 0.25) is 0 Å². The van der Waals surface area contributed by atoms with Crippen molar-refractivity contribution < 1.29 is 0 Å². The lowest BCUT2D eigenvalue weighted by atomic mass is 9.95. The number of hydrogen-bond acceptors (Lipinski definition) is 4. The van der Waals surface area contributed by atoms with Gasteiger partial charge in [-0.15, -0.1) is 11.3 Å². The second-order valence-electron chi connectivity index (χ2n) is 10.3. The number of hydrogen-bond donors (Lipinski definition) is 3. The number of benzene rings is 6. The smallest absolute Gasteiger partial charge is 0.0864 e. The van der Waals surface area contributed by atoms with Crippen LogP contribution >= 0.6 is 11.3 Å². The molecule has 0 bridgehead atoms. The van der Waals surface area contributed by atoms with Crippen molar-refractivity contribution in [2.75, 3.05) is 0 Å². The van der Waals surface area contributed by atoms with Gasteiger partial charge < -0.3 is 0 Å². The molecule has 1 aromatic heterocycles. The van der Waals surface area contributed by atoms with Crippen LogP contribution in [0.1, 0.15) is 35.2 Å². The van der Waals surface area contributed by atoms with Gasteiger partial charge in [-0.2, -0.15) is 0 Å². The molecule has 39 heavy (non-hydrogen) atoms. The van der Waals surface area contributed by atoms with Crippen LogP contribution in [0.5, 0.6) is 0 Å². The predicted octanol–water partition coefficient (Wildman–Crippen LogP) is 8.54. The molecule has 8 rings (SSSR count). The highest BCUT2D eigenvalue weighted by molar-refractivity contribution is 7.26. The highest BCUT2D eigenvalue weighted by Crippen LogP contribution is 2.41. The first kappa shape index (κ1) is 22.9. The van der Waals surface area contributed by atoms with E-state index in [1.165, 1.54) is 58.4 Å². The van der Waals surface area contributed by atoms with E-state index in [1.54, 1.807) is 0 Å². The fourth-order valence-electron chi connectivity index (χ4n) is 6.08. The van der Waals surface area contributed by atoms with Crippen LogP contribution in [0.3, 0.4) is 0 Å². The molecule has 2 atom stereocenters. The quantitative estimate of drug-likeness (QED) is 0.204. The van der Waals surface area contributed by atoms with E-state index in [0.29, 0.717) is 0 Å². The molecule has 6 aromatic carbocycles. The Bertz CT molecular complexity index is 1920. The second-order valence-corrected chi connectivity index (χ2v) is 11.4. The zero-order valence-electron chi connectivity index (χ0n) is 21.3. The first-order chi connectivity index (χ1) is 19.3. The maximum absolute atomic E-state index is 3.82. The number of nitrogens with one attached hydrogen (secondary N) is 3. The molecular weight excluding hydrogens is 494 g/mol. The van der Waals surface area contributed by atoms with Crippen LogP contribution in [0, 0.1) is 0 Å². The minimum Gasteiger partial charge on any atom is -0.279 e. The molecule has 1 aliphatic heterocycles. The molecule has 188 valence electrons. The van der Waals surface area contributed by atoms with Crippen LogP contribution in [-0.2, 0) is 0 Å².